The minimum atomic E-state index is -1.62. The number of unbranched alkanes of at least 4 members (excludes halogenated alkanes) is 3. The summed E-state index contributed by atoms with van der Waals surface area (Å²) in [5, 5.41) is 53.5. The van der Waals surface area contributed by atoms with E-state index < -0.39 is 205 Å². The Morgan fingerprint density at radius 2 is 0.516 bits per heavy atom. The second-order valence-corrected chi connectivity index (χ2v) is 23.5. The first-order valence-corrected chi connectivity index (χ1v) is 32.6. The number of thiol groups is 2. The van der Waals surface area contributed by atoms with Crippen molar-refractivity contribution in [2.45, 2.75) is 223 Å². The van der Waals surface area contributed by atoms with Crippen LogP contribution in [0.5, 0.6) is 0 Å². The first-order chi connectivity index (χ1) is 44.6. The molecule has 0 aromatic heterocycles. The summed E-state index contributed by atoms with van der Waals surface area (Å²) >= 11 is 8.09. The summed E-state index contributed by atoms with van der Waals surface area (Å²) in [7, 11) is 0. The Bertz CT molecular complexity index is 2610. The smallest absolute Gasteiger partial charge is 0.303 e. The van der Waals surface area contributed by atoms with Crippen LogP contribution in [0.4, 0.5) is 0 Å². The van der Waals surface area contributed by atoms with E-state index in [9.17, 15) is 86.9 Å². The minimum absolute atomic E-state index is 0.0167. The molecule has 14 atom stereocenters. The molecule has 0 aromatic rings. The number of carbonyl (C=O) groups is 16. The topological polar surface area (TPSA) is 586 Å². The zero-order valence-corrected chi connectivity index (χ0v) is 56.9. The van der Waals surface area contributed by atoms with Gasteiger partial charge in [0.15, 0.2) is 0 Å². The van der Waals surface area contributed by atoms with Crippen LogP contribution >= 0.6 is 25.3 Å². The van der Waals surface area contributed by atoms with Crippen LogP contribution in [0.3, 0.4) is 0 Å². The van der Waals surface area contributed by atoms with E-state index in [-0.39, 0.29) is 44.5 Å². The summed E-state index contributed by atoms with van der Waals surface area (Å²) < 4.78 is 0. The van der Waals surface area contributed by atoms with E-state index in [0.29, 0.717) is 50.9 Å². The van der Waals surface area contributed by atoms with Gasteiger partial charge in [0, 0.05) is 30.9 Å². The molecule has 0 unspecified atom stereocenters. The number of carboxylic acid groups (broad SMARTS) is 2. The van der Waals surface area contributed by atoms with Crippen LogP contribution in [0.15, 0.2) is 0 Å². The first kappa shape index (κ1) is 87.1. The molecular weight excluding hydrogens is 1290 g/mol. The highest BCUT2D eigenvalue weighted by molar-refractivity contribution is 7.80. The maximum Gasteiger partial charge on any atom is 0.303 e. The fourth-order valence-corrected chi connectivity index (χ4v) is 8.82. The van der Waals surface area contributed by atoms with Gasteiger partial charge in [0.25, 0.3) is 0 Å². The Kier molecular flexibility index (Phi) is 43.1. The van der Waals surface area contributed by atoms with Crippen LogP contribution in [0, 0.1) is 0 Å². The first-order valence-electron chi connectivity index (χ1n) is 31.3. The highest BCUT2D eigenvalue weighted by Gasteiger charge is 2.35. The van der Waals surface area contributed by atoms with Crippen molar-refractivity contribution in [2.24, 2.45) is 22.9 Å². The van der Waals surface area contributed by atoms with Crippen LogP contribution in [0.1, 0.15) is 139 Å². The summed E-state index contributed by atoms with van der Waals surface area (Å²) in [5.74, 6) is -14.6. The maximum absolute atomic E-state index is 13.9. The lowest BCUT2D eigenvalue weighted by atomic mass is 10.1. The van der Waals surface area contributed by atoms with Gasteiger partial charge in [-0.2, -0.15) is 25.3 Å². The van der Waals surface area contributed by atoms with E-state index in [0.717, 1.165) is 0 Å². The average Bonchev–Trinajstić information content (AvgIpc) is 1.02. The van der Waals surface area contributed by atoms with Crippen molar-refractivity contribution in [2.75, 3.05) is 37.7 Å². The Labute approximate surface area is 563 Å². The minimum Gasteiger partial charge on any atom is -0.481 e. The number of nitrogens with one attached hydrogen (secondary N) is 14. The number of rotatable bonds is 49. The summed E-state index contributed by atoms with van der Waals surface area (Å²) in [6.07, 6.45) is 0.179. The molecule has 0 aromatic carbocycles. The highest BCUT2D eigenvalue weighted by atomic mass is 32.1. The molecule has 36 nitrogen and oxygen atoms in total. The second kappa shape index (κ2) is 47.0. The molecular formula is C57H102N18O18S2. The lowest BCUT2D eigenvalue weighted by Crippen LogP contribution is -2.60. The van der Waals surface area contributed by atoms with Crippen molar-refractivity contribution >= 4 is 120 Å². The number of hydrogen-bond acceptors (Lipinski definition) is 22. The zero-order chi connectivity index (χ0) is 72.7. The van der Waals surface area contributed by atoms with Gasteiger partial charge < -0.3 is 108 Å². The number of carboxylic acids is 2. The number of hydrogen-bond donors (Lipinski definition) is 22. The summed E-state index contributed by atoms with van der Waals surface area (Å²) in [4.78, 5) is 209. The Morgan fingerprint density at radius 1 is 0.305 bits per heavy atom. The van der Waals surface area contributed by atoms with E-state index >= 15 is 0 Å². The molecule has 0 spiro atoms. The third kappa shape index (κ3) is 35.4. The predicted molar refractivity (Wildman–Crippen MR) is 352 cm³/mol. The van der Waals surface area contributed by atoms with Crippen LogP contribution < -0.4 is 97.4 Å². The predicted octanol–water partition coefficient (Wildman–Crippen LogP) is -7.13. The van der Waals surface area contributed by atoms with E-state index in [4.69, 9.17) is 22.9 Å². The molecule has 0 fully saturated rings. The largest absolute Gasteiger partial charge is 0.481 e. The van der Waals surface area contributed by atoms with Gasteiger partial charge in [0.05, 0.1) is 6.04 Å². The quantitative estimate of drug-likeness (QED) is 0.0199. The van der Waals surface area contributed by atoms with Gasteiger partial charge in [-0.25, -0.2) is 0 Å². The molecule has 0 saturated carbocycles. The van der Waals surface area contributed by atoms with Crippen LogP contribution in [0.25, 0.3) is 0 Å². The molecule has 38 heteroatoms. The van der Waals surface area contributed by atoms with Crippen molar-refractivity contribution in [1.82, 2.24) is 74.4 Å². The van der Waals surface area contributed by atoms with Crippen LogP contribution in [0.2, 0.25) is 0 Å². The molecule has 0 rings (SSSR count). The maximum atomic E-state index is 13.9. The lowest BCUT2D eigenvalue weighted by Gasteiger charge is -2.26. The molecule has 0 bridgehead atoms. The molecule has 24 N–H and O–H groups in total. The van der Waals surface area contributed by atoms with Gasteiger partial charge in [-0.1, -0.05) is 0 Å². The Hall–Kier alpha value is -7.94. The SMILES string of the molecule is C[C@H](NCCS)C(=O)N[C@@H](CCCCN)C(=O)N[C@@H](C)C(=O)N[C@@H](C)C(=O)N[C@@H](C)C(=O)N[C@@H](CCC(=O)O)C(=O)N[C@@H](CCCCN)C(=O)N[C@@H](C)C(=O)N[C@@H](C)C(=O)N[C@@H](C)C(=O)N[C@@H](CCC(=O)O)C(=O)N[C@@H](CCCCN)C(=O)N[C@@H](C)C(=O)N[C@@H](CS)C(N)=O. The number of nitrogens with two attached hydrogens (primary N) is 4. The molecule has 0 heterocycles. The summed E-state index contributed by atoms with van der Waals surface area (Å²) in [5.41, 5.74) is 22.2. The third-order valence-corrected chi connectivity index (χ3v) is 15.0. The molecule has 0 aliphatic heterocycles. The Balaban J connectivity index is 6.04. The van der Waals surface area contributed by atoms with Crippen molar-refractivity contribution < 1.29 is 86.9 Å². The van der Waals surface area contributed by atoms with Crippen LogP contribution in [-0.4, -0.2) is 227 Å². The molecule has 0 saturated heterocycles. The average molecular weight is 1390 g/mol. The van der Waals surface area contributed by atoms with E-state index in [1.807, 2.05) is 0 Å². The Morgan fingerprint density at radius 3 is 0.747 bits per heavy atom. The number of aliphatic carboxylic acids is 2. The van der Waals surface area contributed by atoms with Crippen LogP contribution in [-0.2, 0) is 76.7 Å². The van der Waals surface area contributed by atoms with Crippen molar-refractivity contribution in [1.29, 1.82) is 0 Å². The van der Waals surface area contributed by atoms with Gasteiger partial charge in [-0.05, 0) is 146 Å². The van der Waals surface area contributed by atoms with Gasteiger partial charge >= 0.3 is 11.9 Å². The van der Waals surface area contributed by atoms with Gasteiger partial charge in [-0.15, -0.1) is 0 Å². The number of amides is 14. The van der Waals surface area contributed by atoms with Gasteiger partial charge in [-0.3, -0.25) is 76.7 Å². The van der Waals surface area contributed by atoms with E-state index in [2.05, 4.69) is 99.7 Å². The van der Waals surface area contributed by atoms with Gasteiger partial charge in [0.2, 0.25) is 82.7 Å². The molecule has 0 radical (unpaired) electrons. The summed E-state index contributed by atoms with van der Waals surface area (Å²) in [6.45, 7) is 11.6. The molecule has 0 aliphatic rings. The molecule has 14 amide bonds. The van der Waals surface area contributed by atoms with Gasteiger partial charge in [0.1, 0.15) is 78.5 Å². The van der Waals surface area contributed by atoms with Crippen molar-refractivity contribution in [3.05, 3.63) is 0 Å². The molecule has 0 aliphatic carbocycles. The molecule has 540 valence electrons. The third-order valence-electron chi connectivity index (χ3n) is 14.4. The van der Waals surface area contributed by atoms with Crippen molar-refractivity contribution in [3.63, 3.8) is 0 Å². The number of carbonyl (C=O) groups excluding carboxylic acids is 14. The highest BCUT2D eigenvalue weighted by Crippen LogP contribution is 2.10. The number of primary amides is 1. The molecule has 95 heavy (non-hydrogen) atoms. The monoisotopic (exact) mass is 1390 g/mol. The summed E-state index contributed by atoms with van der Waals surface area (Å²) in [6, 6.07) is -18.3. The fourth-order valence-electron chi connectivity index (χ4n) is 8.42. The fraction of sp³-hybridized carbons (Fsp3) is 0.719. The second-order valence-electron chi connectivity index (χ2n) is 22.7. The standard InChI is InChI=1S/C57H102N18O18S2/c1-28(62-25-26-94)45(81)70-36(15-9-12-22-58)53(89)67-31(4)48(84)63-29(2)46(82)65-33(6)50(86)71-39(18-20-42(76)77)56(92)73-37(16-10-13-23-59)54(90)68-32(5)49(85)64-30(3)47(83)66-34(7)51(87)72-40(19-21-43(78)79)57(93)74-38(17-11-14-24-60)55(91)69-35(8)52(88)75-41(27-95)44(61)80/h28-41,62,94-95H,9-27,58-60H2,1-8H3,(H2,61,80)(H,63,84)(H,64,85)(H,65,82)(H,66,83)(H,67,89)(H,68,90)(H,69,91)(H,70,81)(H,71,86)(H,72,87)(H,73,92)(H,74,93)(H,75,88)(H,76,77)(H,78,79)/t28-,29-,30-,31-,32-,33-,34-,35-,36-,37-,38-,39-,40-,41-/m0/s1. The van der Waals surface area contributed by atoms with E-state index in [1.165, 1.54) is 48.5 Å². The van der Waals surface area contributed by atoms with Crippen molar-refractivity contribution in [3.8, 4) is 0 Å². The van der Waals surface area contributed by atoms with E-state index in [1.54, 1.807) is 6.92 Å². The normalized spacial score (nSPS) is 15.4. The zero-order valence-electron chi connectivity index (χ0n) is 55.1. The lowest BCUT2D eigenvalue weighted by molar-refractivity contribution is -0.139.